The lowest BCUT2D eigenvalue weighted by molar-refractivity contribution is 0.00760. The maximum Gasteiger partial charge on any atom is 0.196 e. The van der Waals surface area contributed by atoms with Gasteiger partial charge in [0, 0.05) is 32.5 Å². The maximum absolute atomic E-state index is 12.7. The molecule has 0 aliphatic heterocycles. The van der Waals surface area contributed by atoms with E-state index in [0.29, 0.717) is 0 Å². The second-order valence-electron chi connectivity index (χ2n) is 4.93. The van der Waals surface area contributed by atoms with Crippen LogP contribution in [-0.4, -0.2) is 32.6 Å². The number of para-hydroxylation sites is 1. The van der Waals surface area contributed by atoms with Gasteiger partial charge < -0.3 is 9.64 Å². The predicted molar refractivity (Wildman–Crippen MR) is 75.4 cm³/mol. The molecule has 0 saturated heterocycles. The van der Waals surface area contributed by atoms with E-state index < -0.39 is 5.60 Å². The molecular weight excluding hydrogens is 226 g/mol. The van der Waals surface area contributed by atoms with Crippen molar-refractivity contribution in [2.75, 3.05) is 26.1 Å². The van der Waals surface area contributed by atoms with Crippen molar-refractivity contribution in [3.05, 3.63) is 29.8 Å². The highest BCUT2D eigenvalue weighted by atomic mass is 16.5. The first-order valence-corrected chi connectivity index (χ1v) is 6.32. The van der Waals surface area contributed by atoms with Gasteiger partial charge in [0.05, 0.1) is 0 Å². The topological polar surface area (TPSA) is 29.5 Å². The molecule has 0 N–H and O–H groups in total. The summed E-state index contributed by atoms with van der Waals surface area (Å²) in [5, 5.41) is 0. The number of benzene rings is 1. The van der Waals surface area contributed by atoms with E-state index in [-0.39, 0.29) is 5.78 Å². The molecule has 0 aliphatic carbocycles. The van der Waals surface area contributed by atoms with Crippen LogP contribution < -0.4 is 4.90 Å². The normalized spacial score (nSPS) is 14.1. The molecule has 18 heavy (non-hydrogen) atoms. The Morgan fingerprint density at radius 2 is 1.94 bits per heavy atom. The highest BCUT2D eigenvalue weighted by molar-refractivity contribution is 6.06. The van der Waals surface area contributed by atoms with Crippen molar-refractivity contribution in [2.45, 2.75) is 32.3 Å². The Bertz CT molecular complexity index is 415. The first-order valence-electron chi connectivity index (χ1n) is 6.32. The van der Waals surface area contributed by atoms with Gasteiger partial charge in [-0.15, -0.1) is 0 Å². The van der Waals surface area contributed by atoms with Crippen molar-refractivity contribution in [2.24, 2.45) is 0 Å². The molecule has 1 aromatic carbocycles. The quantitative estimate of drug-likeness (QED) is 0.725. The van der Waals surface area contributed by atoms with Gasteiger partial charge in [0.2, 0.25) is 0 Å². The van der Waals surface area contributed by atoms with Crippen molar-refractivity contribution < 1.29 is 9.53 Å². The molecule has 0 aliphatic rings. The zero-order chi connectivity index (χ0) is 13.8. The minimum absolute atomic E-state index is 0.0520. The number of rotatable bonds is 6. The summed E-state index contributed by atoms with van der Waals surface area (Å²) in [5.74, 6) is 0.0520. The first kappa shape index (κ1) is 14.7. The summed E-state index contributed by atoms with van der Waals surface area (Å²) in [5.41, 5.74) is 0.920. The van der Waals surface area contributed by atoms with Crippen LogP contribution in [0.4, 0.5) is 5.69 Å². The molecule has 1 atom stereocenters. The predicted octanol–water partition coefficient (Wildman–Crippen LogP) is 3.14. The average Bonchev–Trinajstić information content (AvgIpc) is 2.38. The van der Waals surface area contributed by atoms with Crippen LogP contribution in [0.5, 0.6) is 0 Å². The zero-order valence-electron chi connectivity index (χ0n) is 12.0. The second kappa shape index (κ2) is 6.01. The minimum Gasteiger partial charge on any atom is -0.377 e. The molecule has 1 unspecified atom stereocenters. The molecule has 0 spiro atoms. The summed E-state index contributed by atoms with van der Waals surface area (Å²) in [6.07, 6.45) is 1.64. The van der Waals surface area contributed by atoms with Crippen LogP contribution in [0.15, 0.2) is 24.3 Å². The van der Waals surface area contributed by atoms with Crippen molar-refractivity contribution in [3.8, 4) is 0 Å². The van der Waals surface area contributed by atoms with Gasteiger partial charge in [0.15, 0.2) is 5.78 Å². The van der Waals surface area contributed by atoms with E-state index in [1.54, 1.807) is 7.11 Å². The van der Waals surface area contributed by atoms with Crippen LogP contribution in [-0.2, 0) is 4.74 Å². The van der Waals surface area contributed by atoms with Gasteiger partial charge in [-0.05, 0) is 25.5 Å². The summed E-state index contributed by atoms with van der Waals surface area (Å²) in [7, 11) is 5.48. The Hall–Kier alpha value is -1.35. The molecule has 0 amide bonds. The Labute approximate surface area is 110 Å². The van der Waals surface area contributed by atoms with E-state index in [1.807, 2.05) is 50.2 Å². The second-order valence-corrected chi connectivity index (χ2v) is 4.93. The molecule has 3 heteroatoms. The fraction of sp³-hybridized carbons (Fsp3) is 0.533. The number of anilines is 1. The molecule has 0 saturated carbocycles. The molecular formula is C15H23NO2. The maximum atomic E-state index is 12.7. The number of carbonyl (C=O) groups excluding carboxylic acids is 1. The van der Waals surface area contributed by atoms with E-state index >= 15 is 0 Å². The van der Waals surface area contributed by atoms with E-state index in [1.165, 1.54) is 0 Å². The number of Topliss-reactive ketones (excluding diaryl/α,β-unsaturated/α-hetero) is 1. The van der Waals surface area contributed by atoms with Crippen LogP contribution in [0.3, 0.4) is 0 Å². The monoisotopic (exact) mass is 249 g/mol. The molecule has 100 valence electrons. The number of ketones is 1. The minimum atomic E-state index is -0.735. The molecule has 0 fully saturated rings. The fourth-order valence-electron chi connectivity index (χ4n) is 2.13. The molecule has 3 nitrogen and oxygen atoms in total. The van der Waals surface area contributed by atoms with Crippen LogP contribution in [0.25, 0.3) is 0 Å². The number of methoxy groups -OCH3 is 1. The lowest BCUT2D eigenvalue weighted by Crippen LogP contribution is -2.38. The summed E-state index contributed by atoms with van der Waals surface area (Å²) in [4.78, 5) is 14.6. The number of hydrogen-bond acceptors (Lipinski definition) is 3. The van der Waals surface area contributed by atoms with E-state index in [9.17, 15) is 4.79 Å². The smallest absolute Gasteiger partial charge is 0.196 e. The summed E-state index contributed by atoms with van der Waals surface area (Å²) >= 11 is 0. The van der Waals surface area contributed by atoms with Gasteiger partial charge in [0.25, 0.3) is 0 Å². The lowest BCUT2D eigenvalue weighted by Gasteiger charge is -2.28. The van der Waals surface area contributed by atoms with Gasteiger partial charge in [0.1, 0.15) is 5.60 Å². The number of ether oxygens (including phenoxy) is 1. The molecule has 1 aromatic rings. The highest BCUT2D eigenvalue weighted by Crippen LogP contribution is 2.27. The summed E-state index contributed by atoms with van der Waals surface area (Å²) in [6, 6.07) is 7.65. The third-order valence-electron chi connectivity index (χ3n) is 3.29. The third-order valence-corrected chi connectivity index (χ3v) is 3.29. The lowest BCUT2D eigenvalue weighted by atomic mass is 9.89. The average molecular weight is 249 g/mol. The largest absolute Gasteiger partial charge is 0.377 e. The van der Waals surface area contributed by atoms with Gasteiger partial charge in [-0.2, -0.15) is 0 Å². The van der Waals surface area contributed by atoms with Crippen molar-refractivity contribution >= 4 is 11.5 Å². The standard InChI is InChI=1S/C15H23NO2/c1-6-11-15(2,18-5)14(17)12-9-7-8-10-13(12)16(3)4/h7-10H,6,11H2,1-5H3. The zero-order valence-corrected chi connectivity index (χ0v) is 12.0. The van der Waals surface area contributed by atoms with Crippen molar-refractivity contribution in [3.63, 3.8) is 0 Å². The van der Waals surface area contributed by atoms with E-state index in [4.69, 9.17) is 4.74 Å². The van der Waals surface area contributed by atoms with Gasteiger partial charge in [-0.1, -0.05) is 25.5 Å². The molecule has 0 radical (unpaired) electrons. The highest BCUT2D eigenvalue weighted by Gasteiger charge is 2.34. The first-order chi connectivity index (χ1) is 8.46. The van der Waals surface area contributed by atoms with Crippen LogP contribution in [0.1, 0.15) is 37.0 Å². The summed E-state index contributed by atoms with van der Waals surface area (Å²) < 4.78 is 5.46. The molecule has 0 heterocycles. The Balaban J connectivity index is 3.17. The third kappa shape index (κ3) is 2.91. The molecule has 1 rings (SSSR count). The Kier molecular flexibility index (Phi) is 4.91. The Morgan fingerprint density at radius 1 is 1.33 bits per heavy atom. The van der Waals surface area contributed by atoms with E-state index in [2.05, 4.69) is 6.92 Å². The number of nitrogens with zero attached hydrogens (tertiary/aromatic N) is 1. The number of hydrogen-bond donors (Lipinski definition) is 0. The van der Waals surface area contributed by atoms with Gasteiger partial charge >= 0.3 is 0 Å². The van der Waals surface area contributed by atoms with Crippen LogP contribution in [0, 0.1) is 0 Å². The number of carbonyl (C=O) groups is 1. The van der Waals surface area contributed by atoms with Gasteiger partial charge in [-0.3, -0.25) is 4.79 Å². The molecule has 0 bridgehead atoms. The van der Waals surface area contributed by atoms with E-state index in [0.717, 1.165) is 24.1 Å². The SMILES string of the molecule is CCCC(C)(OC)C(=O)c1ccccc1N(C)C. The van der Waals surface area contributed by atoms with Crippen molar-refractivity contribution in [1.82, 2.24) is 0 Å². The van der Waals surface area contributed by atoms with Crippen molar-refractivity contribution in [1.29, 1.82) is 0 Å². The van der Waals surface area contributed by atoms with Gasteiger partial charge in [-0.25, -0.2) is 0 Å². The van der Waals surface area contributed by atoms with Crippen LogP contribution >= 0.6 is 0 Å². The Morgan fingerprint density at radius 3 is 2.44 bits per heavy atom. The van der Waals surface area contributed by atoms with Crippen LogP contribution in [0.2, 0.25) is 0 Å². The molecule has 0 aromatic heterocycles. The summed E-state index contributed by atoms with van der Waals surface area (Å²) in [6.45, 7) is 3.92. The fourth-order valence-corrected chi connectivity index (χ4v) is 2.13.